The van der Waals surface area contributed by atoms with Gasteiger partial charge < -0.3 is 15.0 Å². The first-order valence-electron chi connectivity index (χ1n) is 8.56. The molecule has 0 spiro atoms. The van der Waals surface area contributed by atoms with Gasteiger partial charge >= 0.3 is 0 Å². The molecule has 3 heterocycles. The zero-order valence-electron chi connectivity index (χ0n) is 13.9. The largest absolute Gasteiger partial charge is 0.379 e. The number of pyridine rings is 1. The number of hydrogen-bond acceptors (Lipinski definition) is 5. The molecule has 1 aromatic rings. The Morgan fingerprint density at radius 1 is 1.08 bits per heavy atom. The van der Waals surface area contributed by atoms with Crippen LogP contribution in [0.15, 0.2) is 18.5 Å². The van der Waals surface area contributed by atoms with Crippen LogP contribution in [0.1, 0.15) is 33.6 Å². The second-order valence-electron chi connectivity index (χ2n) is 6.17. The fraction of sp³-hybridized carbons (Fsp3) is 0.588. The Morgan fingerprint density at radius 3 is 2.54 bits per heavy atom. The fourth-order valence-electron chi connectivity index (χ4n) is 3.04. The molecular formula is C17H24N4O3. The molecule has 0 aromatic carbocycles. The zero-order valence-corrected chi connectivity index (χ0v) is 13.9. The molecule has 0 saturated carbocycles. The normalized spacial score (nSPS) is 18.6. The number of amides is 2. The number of nitrogens with zero attached hydrogens (tertiary/aromatic N) is 3. The molecule has 0 unspecified atom stereocenters. The molecule has 2 amide bonds. The lowest BCUT2D eigenvalue weighted by atomic mass is 10.1. The molecule has 1 N–H and O–H groups in total. The van der Waals surface area contributed by atoms with E-state index in [0.29, 0.717) is 17.7 Å². The summed E-state index contributed by atoms with van der Waals surface area (Å²) in [5.41, 5.74) is 0.916. The molecule has 0 radical (unpaired) electrons. The number of hydrogen-bond donors (Lipinski definition) is 1. The first kappa shape index (κ1) is 16.9. The average molecular weight is 332 g/mol. The number of carbonyl (C=O) groups excluding carboxylic acids is 2. The van der Waals surface area contributed by atoms with Crippen molar-refractivity contribution in [2.24, 2.45) is 0 Å². The summed E-state index contributed by atoms with van der Waals surface area (Å²) in [5, 5.41) is 2.90. The number of aromatic nitrogens is 1. The molecule has 1 aromatic heterocycles. The smallest absolute Gasteiger partial charge is 0.255 e. The van der Waals surface area contributed by atoms with Crippen molar-refractivity contribution in [3.63, 3.8) is 0 Å². The second kappa shape index (κ2) is 8.21. The lowest BCUT2D eigenvalue weighted by Crippen LogP contribution is -2.41. The van der Waals surface area contributed by atoms with Crippen molar-refractivity contribution in [2.75, 3.05) is 52.5 Å². The summed E-state index contributed by atoms with van der Waals surface area (Å²) >= 11 is 0. The Hall–Kier alpha value is -1.99. The predicted octanol–water partition coefficient (Wildman–Crippen LogP) is 0.380. The van der Waals surface area contributed by atoms with Gasteiger partial charge in [-0.15, -0.1) is 0 Å². The van der Waals surface area contributed by atoms with Crippen LogP contribution in [-0.2, 0) is 4.74 Å². The van der Waals surface area contributed by atoms with Crippen LogP contribution in [0.2, 0.25) is 0 Å². The number of likely N-dealkylation sites (tertiary alicyclic amines) is 1. The molecule has 2 aliphatic rings. The van der Waals surface area contributed by atoms with E-state index in [0.717, 1.165) is 58.8 Å². The van der Waals surface area contributed by atoms with Gasteiger partial charge in [0.1, 0.15) is 0 Å². The highest BCUT2D eigenvalue weighted by Gasteiger charge is 2.20. The maximum Gasteiger partial charge on any atom is 0.255 e. The van der Waals surface area contributed by atoms with E-state index in [9.17, 15) is 9.59 Å². The van der Waals surface area contributed by atoms with Gasteiger partial charge in [-0.2, -0.15) is 0 Å². The molecule has 24 heavy (non-hydrogen) atoms. The Morgan fingerprint density at radius 2 is 1.79 bits per heavy atom. The summed E-state index contributed by atoms with van der Waals surface area (Å²) < 4.78 is 5.30. The zero-order chi connectivity index (χ0) is 16.8. The molecular weight excluding hydrogens is 308 g/mol. The van der Waals surface area contributed by atoms with Crippen molar-refractivity contribution in [1.29, 1.82) is 0 Å². The lowest BCUT2D eigenvalue weighted by molar-refractivity contribution is 0.0383. The van der Waals surface area contributed by atoms with Gasteiger partial charge in [0.15, 0.2) is 0 Å². The van der Waals surface area contributed by atoms with Crippen molar-refractivity contribution < 1.29 is 14.3 Å². The molecule has 0 bridgehead atoms. The Kier molecular flexibility index (Phi) is 5.77. The van der Waals surface area contributed by atoms with Gasteiger partial charge in [-0.25, -0.2) is 0 Å². The molecule has 7 nitrogen and oxygen atoms in total. The first-order chi connectivity index (χ1) is 11.7. The Labute approximate surface area is 142 Å². The summed E-state index contributed by atoms with van der Waals surface area (Å²) in [5.74, 6) is -0.227. The van der Waals surface area contributed by atoms with Crippen LogP contribution in [0.3, 0.4) is 0 Å². The first-order valence-corrected chi connectivity index (χ1v) is 8.56. The van der Waals surface area contributed by atoms with Crippen molar-refractivity contribution >= 4 is 11.8 Å². The number of rotatable bonds is 5. The maximum absolute atomic E-state index is 12.4. The summed E-state index contributed by atoms with van der Waals surface area (Å²) in [6, 6.07) is 1.64. The lowest BCUT2D eigenvalue weighted by Gasteiger charge is -2.26. The van der Waals surface area contributed by atoms with Crippen molar-refractivity contribution in [2.45, 2.75) is 12.8 Å². The van der Waals surface area contributed by atoms with E-state index in [-0.39, 0.29) is 11.8 Å². The Bertz CT molecular complexity index is 581. The minimum Gasteiger partial charge on any atom is -0.379 e. The molecule has 2 aliphatic heterocycles. The summed E-state index contributed by atoms with van der Waals surface area (Å²) in [4.78, 5) is 32.8. The SMILES string of the molecule is O=C(NCCN1CCOCC1)c1cncc(C(=O)N2CCCC2)c1. The van der Waals surface area contributed by atoms with Crippen LogP contribution < -0.4 is 5.32 Å². The predicted molar refractivity (Wildman–Crippen MR) is 89.0 cm³/mol. The third-order valence-electron chi connectivity index (χ3n) is 4.46. The van der Waals surface area contributed by atoms with Crippen molar-refractivity contribution in [1.82, 2.24) is 20.1 Å². The third-order valence-corrected chi connectivity index (χ3v) is 4.46. The van der Waals surface area contributed by atoms with Crippen LogP contribution in [0, 0.1) is 0 Å². The van der Waals surface area contributed by atoms with Crippen LogP contribution >= 0.6 is 0 Å². The summed E-state index contributed by atoms with van der Waals surface area (Å²) in [6.45, 7) is 6.24. The monoisotopic (exact) mass is 332 g/mol. The molecule has 2 saturated heterocycles. The quantitative estimate of drug-likeness (QED) is 0.844. The second-order valence-corrected chi connectivity index (χ2v) is 6.17. The summed E-state index contributed by atoms with van der Waals surface area (Å²) in [7, 11) is 0. The van der Waals surface area contributed by atoms with E-state index >= 15 is 0 Å². The van der Waals surface area contributed by atoms with Crippen LogP contribution in [-0.4, -0.2) is 79.1 Å². The van der Waals surface area contributed by atoms with Gasteiger partial charge in [0.25, 0.3) is 11.8 Å². The number of carbonyl (C=O) groups is 2. The molecule has 2 fully saturated rings. The topological polar surface area (TPSA) is 74.8 Å². The third kappa shape index (κ3) is 4.30. The molecule has 130 valence electrons. The Balaban J connectivity index is 1.52. The van der Waals surface area contributed by atoms with Crippen molar-refractivity contribution in [3.05, 3.63) is 29.6 Å². The minimum absolute atomic E-state index is 0.0389. The molecule has 0 aliphatic carbocycles. The molecule has 7 heteroatoms. The number of nitrogens with one attached hydrogen (secondary N) is 1. The van der Waals surface area contributed by atoms with E-state index in [1.165, 1.54) is 12.4 Å². The minimum atomic E-state index is -0.188. The van der Waals surface area contributed by atoms with Gasteiger partial charge in [0.05, 0.1) is 24.3 Å². The highest BCUT2D eigenvalue weighted by molar-refractivity contribution is 5.99. The van der Waals surface area contributed by atoms with Gasteiger partial charge in [-0.1, -0.05) is 0 Å². The van der Waals surface area contributed by atoms with E-state index in [1.54, 1.807) is 6.07 Å². The summed E-state index contributed by atoms with van der Waals surface area (Å²) in [6.07, 6.45) is 5.12. The molecule has 3 rings (SSSR count). The maximum atomic E-state index is 12.4. The van der Waals surface area contributed by atoms with Crippen molar-refractivity contribution in [3.8, 4) is 0 Å². The van der Waals surface area contributed by atoms with Gasteiger partial charge in [-0.3, -0.25) is 19.5 Å². The standard InChI is InChI=1S/C17H24N4O3/c22-16(19-3-6-20-7-9-24-10-8-20)14-11-15(13-18-12-14)17(23)21-4-1-2-5-21/h11-13H,1-10H2,(H,19,22). The van der Waals surface area contributed by atoms with E-state index in [1.807, 2.05) is 4.90 Å². The highest BCUT2D eigenvalue weighted by Crippen LogP contribution is 2.13. The van der Waals surface area contributed by atoms with Crippen LogP contribution in [0.25, 0.3) is 0 Å². The number of morpholine rings is 1. The van der Waals surface area contributed by atoms with E-state index < -0.39 is 0 Å². The van der Waals surface area contributed by atoms with E-state index in [4.69, 9.17) is 4.74 Å². The average Bonchev–Trinajstić information content (AvgIpc) is 3.16. The fourth-order valence-corrected chi connectivity index (χ4v) is 3.04. The van der Waals surface area contributed by atoms with Gasteiger partial charge in [0.2, 0.25) is 0 Å². The van der Waals surface area contributed by atoms with E-state index in [2.05, 4.69) is 15.2 Å². The van der Waals surface area contributed by atoms with Crippen LogP contribution in [0.5, 0.6) is 0 Å². The highest BCUT2D eigenvalue weighted by atomic mass is 16.5. The molecule has 0 atom stereocenters. The van der Waals surface area contributed by atoms with Gasteiger partial charge in [0, 0.05) is 51.7 Å². The van der Waals surface area contributed by atoms with Gasteiger partial charge in [-0.05, 0) is 18.9 Å². The number of ether oxygens (including phenoxy) is 1. The van der Waals surface area contributed by atoms with Crippen LogP contribution in [0.4, 0.5) is 0 Å².